The smallest absolute Gasteiger partial charge is 0.223 e. The molecule has 0 aromatic rings. The summed E-state index contributed by atoms with van der Waals surface area (Å²) in [6.45, 7) is 16.5. The molecule has 1 amide bonds. The lowest BCUT2D eigenvalue weighted by molar-refractivity contribution is -0.127. The maximum atomic E-state index is 12.0. The first kappa shape index (κ1) is 20.7. The third kappa shape index (κ3) is 7.24. The van der Waals surface area contributed by atoms with Gasteiger partial charge in [0.1, 0.15) is 0 Å². The number of nitrogens with one attached hydrogen (secondary N) is 1. The van der Waals surface area contributed by atoms with Crippen LogP contribution in [0.4, 0.5) is 0 Å². The molecule has 2 aliphatic rings. The normalized spacial score (nSPS) is 26.4. The first-order chi connectivity index (χ1) is 12.0. The zero-order chi connectivity index (χ0) is 18.2. The summed E-state index contributed by atoms with van der Waals surface area (Å²) in [5.74, 6) is 1.11. The van der Waals surface area contributed by atoms with Crippen LogP contribution in [0.1, 0.15) is 53.4 Å². The van der Waals surface area contributed by atoms with E-state index in [1.807, 2.05) is 6.92 Å². The minimum atomic E-state index is 0.138. The van der Waals surface area contributed by atoms with Crippen molar-refractivity contribution in [3.63, 3.8) is 0 Å². The highest BCUT2D eigenvalue weighted by molar-refractivity contribution is 5.78. The lowest BCUT2D eigenvalue weighted by atomic mass is 9.88. The van der Waals surface area contributed by atoms with Crippen LogP contribution in [-0.4, -0.2) is 73.7 Å². The molecule has 5 nitrogen and oxygen atoms in total. The van der Waals surface area contributed by atoms with E-state index in [1.165, 1.54) is 19.6 Å². The molecule has 1 heterocycles. The molecule has 2 fully saturated rings. The molecule has 0 spiro atoms. The summed E-state index contributed by atoms with van der Waals surface area (Å²) in [4.78, 5) is 17.1. The van der Waals surface area contributed by atoms with Crippen LogP contribution in [0.2, 0.25) is 0 Å². The van der Waals surface area contributed by atoms with Crippen molar-refractivity contribution in [2.75, 3.05) is 45.9 Å². The highest BCUT2D eigenvalue weighted by Crippen LogP contribution is 2.24. The maximum absolute atomic E-state index is 12.0. The number of hydrogen-bond acceptors (Lipinski definition) is 4. The van der Waals surface area contributed by atoms with Gasteiger partial charge in [-0.1, -0.05) is 34.1 Å². The monoisotopic (exact) mass is 353 g/mol. The Morgan fingerprint density at radius 1 is 1.12 bits per heavy atom. The third-order valence-corrected chi connectivity index (χ3v) is 5.46. The molecule has 1 saturated carbocycles. The van der Waals surface area contributed by atoms with Crippen molar-refractivity contribution < 1.29 is 9.53 Å². The van der Waals surface area contributed by atoms with Crippen LogP contribution >= 0.6 is 0 Å². The summed E-state index contributed by atoms with van der Waals surface area (Å²) in [7, 11) is 0. The Hall–Kier alpha value is -0.650. The Morgan fingerprint density at radius 2 is 1.76 bits per heavy atom. The van der Waals surface area contributed by atoms with Gasteiger partial charge >= 0.3 is 0 Å². The number of carbonyl (C=O) groups is 1. The second kappa shape index (κ2) is 10.5. The summed E-state index contributed by atoms with van der Waals surface area (Å²) in [5.41, 5.74) is 0. The van der Waals surface area contributed by atoms with Gasteiger partial charge in [0.25, 0.3) is 0 Å². The quantitative estimate of drug-likeness (QED) is 0.655. The maximum Gasteiger partial charge on any atom is 0.223 e. The first-order valence-corrected chi connectivity index (χ1v) is 10.3. The van der Waals surface area contributed by atoms with Gasteiger partial charge in [0.05, 0.1) is 12.7 Å². The van der Waals surface area contributed by atoms with Crippen molar-refractivity contribution in [1.29, 1.82) is 0 Å². The zero-order valence-electron chi connectivity index (χ0n) is 16.8. The standard InChI is InChI=1S/C20H39N3O2/c1-5-6-17(4)20(24)21-18-13-19(14-18)25-12-11-22-7-9-23(10-8-22)15-16(2)3/h16-19H,5-15H2,1-4H3,(H,21,24). The van der Waals surface area contributed by atoms with Crippen LogP contribution in [0.25, 0.3) is 0 Å². The molecule has 2 rings (SSSR count). The van der Waals surface area contributed by atoms with Gasteiger partial charge in [-0.25, -0.2) is 0 Å². The van der Waals surface area contributed by atoms with E-state index < -0.39 is 0 Å². The van der Waals surface area contributed by atoms with Crippen molar-refractivity contribution in [2.24, 2.45) is 11.8 Å². The fourth-order valence-electron chi connectivity index (χ4n) is 3.79. The topological polar surface area (TPSA) is 44.8 Å². The number of hydrogen-bond donors (Lipinski definition) is 1. The van der Waals surface area contributed by atoms with Crippen molar-refractivity contribution in [1.82, 2.24) is 15.1 Å². The molecule has 0 aromatic heterocycles. The molecule has 0 aromatic carbocycles. The van der Waals surface area contributed by atoms with Crippen molar-refractivity contribution in [3.05, 3.63) is 0 Å². The van der Waals surface area contributed by atoms with E-state index in [0.717, 1.165) is 57.8 Å². The van der Waals surface area contributed by atoms with Gasteiger partial charge in [-0.3, -0.25) is 9.69 Å². The number of piperazine rings is 1. The largest absolute Gasteiger partial charge is 0.377 e. The minimum Gasteiger partial charge on any atom is -0.377 e. The van der Waals surface area contributed by atoms with Crippen LogP contribution in [0.3, 0.4) is 0 Å². The molecule has 0 bridgehead atoms. The number of carbonyl (C=O) groups excluding carboxylic acids is 1. The lowest BCUT2D eigenvalue weighted by Crippen LogP contribution is -2.50. The average Bonchev–Trinajstić information content (AvgIpc) is 2.53. The Labute approximate surface area is 154 Å². The Bertz CT molecular complexity index is 388. The molecule has 1 aliphatic carbocycles. The minimum absolute atomic E-state index is 0.138. The molecule has 1 aliphatic heterocycles. The number of ether oxygens (including phenoxy) is 1. The van der Waals surface area contributed by atoms with Gasteiger partial charge < -0.3 is 15.0 Å². The van der Waals surface area contributed by atoms with Crippen molar-refractivity contribution in [2.45, 2.75) is 65.5 Å². The average molecular weight is 354 g/mol. The van der Waals surface area contributed by atoms with E-state index in [0.29, 0.717) is 12.1 Å². The summed E-state index contributed by atoms with van der Waals surface area (Å²) in [6.07, 6.45) is 4.34. The molecule has 1 unspecified atom stereocenters. The predicted octanol–water partition coefficient (Wildman–Crippen LogP) is 2.36. The van der Waals surface area contributed by atoms with Gasteiger partial charge in [0.15, 0.2) is 0 Å². The van der Waals surface area contributed by atoms with E-state index in [4.69, 9.17) is 4.74 Å². The molecule has 146 valence electrons. The van der Waals surface area contributed by atoms with Crippen molar-refractivity contribution >= 4 is 5.91 Å². The highest BCUT2D eigenvalue weighted by Gasteiger charge is 2.31. The molecule has 25 heavy (non-hydrogen) atoms. The van der Waals surface area contributed by atoms with E-state index >= 15 is 0 Å². The molecular formula is C20H39N3O2. The van der Waals surface area contributed by atoms with Gasteiger partial charge in [0, 0.05) is 51.2 Å². The molecule has 0 radical (unpaired) electrons. The van der Waals surface area contributed by atoms with Gasteiger partial charge in [-0.2, -0.15) is 0 Å². The van der Waals surface area contributed by atoms with E-state index in [2.05, 4.69) is 35.9 Å². The first-order valence-electron chi connectivity index (χ1n) is 10.3. The van der Waals surface area contributed by atoms with Gasteiger partial charge in [-0.15, -0.1) is 0 Å². The van der Waals surface area contributed by atoms with E-state index in [1.54, 1.807) is 0 Å². The van der Waals surface area contributed by atoms with Crippen LogP contribution in [-0.2, 0) is 9.53 Å². The van der Waals surface area contributed by atoms with Gasteiger partial charge in [0.2, 0.25) is 5.91 Å². The Morgan fingerprint density at radius 3 is 2.36 bits per heavy atom. The lowest BCUT2D eigenvalue weighted by Gasteiger charge is -2.38. The highest BCUT2D eigenvalue weighted by atomic mass is 16.5. The summed E-state index contributed by atoms with van der Waals surface area (Å²) in [6, 6.07) is 0.330. The second-order valence-corrected chi connectivity index (χ2v) is 8.40. The molecule has 1 saturated heterocycles. The fourth-order valence-corrected chi connectivity index (χ4v) is 3.79. The number of rotatable bonds is 10. The number of amides is 1. The predicted molar refractivity (Wildman–Crippen MR) is 103 cm³/mol. The second-order valence-electron chi connectivity index (χ2n) is 8.40. The molecule has 5 heteroatoms. The van der Waals surface area contributed by atoms with Crippen LogP contribution in [0, 0.1) is 11.8 Å². The van der Waals surface area contributed by atoms with Crippen LogP contribution < -0.4 is 5.32 Å². The van der Waals surface area contributed by atoms with E-state index in [9.17, 15) is 4.79 Å². The summed E-state index contributed by atoms with van der Waals surface area (Å²) in [5, 5.41) is 3.16. The van der Waals surface area contributed by atoms with Gasteiger partial charge in [-0.05, 0) is 25.2 Å². The molecular weight excluding hydrogens is 314 g/mol. The SMILES string of the molecule is CCCC(C)C(=O)NC1CC(OCCN2CCN(CC(C)C)CC2)C1. The Balaban J connectivity index is 1.49. The Kier molecular flexibility index (Phi) is 8.67. The molecule has 1 N–H and O–H groups in total. The number of nitrogens with zero attached hydrogens (tertiary/aromatic N) is 2. The van der Waals surface area contributed by atoms with Crippen molar-refractivity contribution in [3.8, 4) is 0 Å². The summed E-state index contributed by atoms with van der Waals surface area (Å²) >= 11 is 0. The molecule has 1 atom stereocenters. The fraction of sp³-hybridized carbons (Fsp3) is 0.950. The van der Waals surface area contributed by atoms with Crippen LogP contribution in [0.15, 0.2) is 0 Å². The van der Waals surface area contributed by atoms with E-state index in [-0.39, 0.29) is 11.8 Å². The van der Waals surface area contributed by atoms with Crippen LogP contribution in [0.5, 0.6) is 0 Å². The zero-order valence-corrected chi connectivity index (χ0v) is 16.8. The summed E-state index contributed by atoms with van der Waals surface area (Å²) < 4.78 is 5.99. The third-order valence-electron chi connectivity index (χ3n) is 5.46.